The van der Waals surface area contributed by atoms with Crippen LogP contribution in [0.3, 0.4) is 0 Å². The molecule has 0 fully saturated rings. The largest absolute Gasteiger partial charge is 0.317 e. The van der Waals surface area contributed by atoms with Crippen molar-refractivity contribution in [1.29, 1.82) is 0 Å². The van der Waals surface area contributed by atoms with Gasteiger partial charge < -0.3 is 10.6 Å². The van der Waals surface area contributed by atoms with Crippen molar-refractivity contribution in [2.75, 3.05) is 10.6 Å². The number of carbonyl (C=O) groups excluding carboxylic acids is 2. The molecule has 2 aromatic heterocycles. The molecule has 4 aromatic rings. The zero-order valence-corrected chi connectivity index (χ0v) is 19.6. The number of nitrogens with zero attached hydrogens (tertiary/aromatic N) is 4. The molecular formula is C26H28N6O2. The van der Waals surface area contributed by atoms with Gasteiger partial charge in [-0.05, 0) is 31.4 Å². The molecule has 0 aliphatic heterocycles. The van der Waals surface area contributed by atoms with Gasteiger partial charge in [-0.1, -0.05) is 60.7 Å². The molecule has 4 rings (SSSR count). The lowest BCUT2D eigenvalue weighted by molar-refractivity contribution is -0.115. The summed E-state index contributed by atoms with van der Waals surface area (Å²) in [4.78, 5) is 25.3. The van der Waals surface area contributed by atoms with Crippen molar-refractivity contribution in [2.45, 2.75) is 33.2 Å². The molecule has 8 nitrogen and oxygen atoms in total. The molecule has 0 aliphatic rings. The van der Waals surface area contributed by atoms with E-state index in [1.807, 2.05) is 67.1 Å². The molecule has 2 amide bonds. The van der Waals surface area contributed by atoms with Crippen LogP contribution in [0, 0.1) is 13.8 Å². The number of aryl methyl sites for hydroxylation is 4. The van der Waals surface area contributed by atoms with Crippen molar-refractivity contribution in [2.24, 2.45) is 7.05 Å². The second kappa shape index (κ2) is 10.2. The summed E-state index contributed by atoms with van der Waals surface area (Å²) in [6, 6.07) is 21.3. The third kappa shape index (κ3) is 5.40. The van der Waals surface area contributed by atoms with Crippen molar-refractivity contribution in [3.8, 4) is 0 Å². The summed E-state index contributed by atoms with van der Waals surface area (Å²) in [5.41, 5.74) is 4.67. The van der Waals surface area contributed by atoms with Gasteiger partial charge in [0.1, 0.15) is 5.82 Å². The molecule has 8 heteroatoms. The van der Waals surface area contributed by atoms with Gasteiger partial charge in [0, 0.05) is 19.7 Å². The Morgan fingerprint density at radius 1 is 0.882 bits per heavy atom. The lowest BCUT2D eigenvalue weighted by atomic mass is 10.1. The van der Waals surface area contributed by atoms with E-state index < -0.39 is 0 Å². The van der Waals surface area contributed by atoms with Crippen molar-refractivity contribution >= 4 is 23.3 Å². The van der Waals surface area contributed by atoms with E-state index >= 15 is 0 Å². The van der Waals surface area contributed by atoms with Crippen LogP contribution in [0.4, 0.5) is 11.5 Å². The Morgan fingerprint density at radius 3 is 2.21 bits per heavy atom. The number of carbonyl (C=O) groups is 2. The van der Waals surface area contributed by atoms with Gasteiger partial charge >= 0.3 is 0 Å². The Morgan fingerprint density at radius 2 is 1.53 bits per heavy atom. The highest BCUT2D eigenvalue weighted by Crippen LogP contribution is 2.21. The minimum Gasteiger partial charge on any atom is -0.317 e. The molecule has 2 heterocycles. The Labute approximate surface area is 198 Å². The zero-order chi connectivity index (χ0) is 24.1. The summed E-state index contributed by atoms with van der Waals surface area (Å²) in [5, 5.41) is 14.6. The maximum absolute atomic E-state index is 12.9. The smallest absolute Gasteiger partial charge is 0.276 e. The molecule has 0 radical (unpaired) electrons. The van der Waals surface area contributed by atoms with Gasteiger partial charge in [-0.2, -0.15) is 10.2 Å². The molecular weight excluding hydrogens is 428 g/mol. The lowest BCUT2D eigenvalue weighted by Crippen LogP contribution is -2.16. The van der Waals surface area contributed by atoms with Crippen LogP contribution in [0.1, 0.15) is 33.0 Å². The summed E-state index contributed by atoms with van der Waals surface area (Å²) in [5.74, 6) is -0.0708. The summed E-state index contributed by atoms with van der Waals surface area (Å²) >= 11 is 0. The number of anilines is 2. The Balaban J connectivity index is 1.41. The Bertz CT molecular complexity index is 1290. The summed E-state index contributed by atoms with van der Waals surface area (Å²) in [6.45, 7) is 4.53. The molecule has 0 spiro atoms. The molecule has 0 aliphatic carbocycles. The molecule has 34 heavy (non-hydrogen) atoms. The third-order valence-electron chi connectivity index (χ3n) is 5.66. The van der Waals surface area contributed by atoms with E-state index in [9.17, 15) is 9.59 Å². The van der Waals surface area contributed by atoms with Gasteiger partial charge in [0.2, 0.25) is 5.91 Å². The van der Waals surface area contributed by atoms with Crippen LogP contribution in [-0.4, -0.2) is 31.4 Å². The highest BCUT2D eigenvalue weighted by molar-refractivity contribution is 6.04. The second-order valence-electron chi connectivity index (χ2n) is 8.21. The van der Waals surface area contributed by atoms with Crippen LogP contribution >= 0.6 is 0 Å². The van der Waals surface area contributed by atoms with Crippen molar-refractivity contribution in [3.05, 3.63) is 94.9 Å². The minimum absolute atomic E-state index is 0.174. The van der Waals surface area contributed by atoms with Crippen LogP contribution in [0.25, 0.3) is 0 Å². The van der Waals surface area contributed by atoms with E-state index in [0.717, 1.165) is 23.4 Å². The minimum atomic E-state index is -0.354. The SMILES string of the molecule is Cc1nn(CCc2ccccc2)c(C)c1NC(=O)c1cc(NC(=O)Cc2ccccc2)n(C)n1. The second-order valence-corrected chi connectivity index (χ2v) is 8.21. The fourth-order valence-electron chi connectivity index (χ4n) is 3.82. The number of rotatable bonds is 8. The summed E-state index contributed by atoms with van der Waals surface area (Å²) < 4.78 is 3.40. The first-order valence-electron chi connectivity index (χ1n) is 11.2. The standard InChI is InChI=1S/C26H28N6O2/c1-18-25(19(2)32(29-18)15-14-20-10-6-4-7-11-20)28-26(34)22-17-23(31(3)30-22)27-24(33)16-21-12-8-5-9-13-21/h4-13,17H,14-16H2,1-3H3,(H,27,33)(H,28,34). The topological polar surface area (TPSA) is 93.8 Å². The number of aromatic nitrogens is 4. The Hall–Kier alpha value is -4.20. The van der Waals surface area contributed by atoms with Crippen molar-refractivity contribution in [1.82, 2.24) is 19.6 Å². The van der Waals surface area contributed by atoms with Crippen LogP contribution in [0.2, 0.25) is 0 Å². The number of nitrogens with one attached hydrogen (secondary N) is 2. The van der Waals surface area contributed by atoms with Gasteiger partial charge in [-0.15, -0.1) is 0 Å². The van der Waals surface area contributed by atoms with E-state index in [4.69, 9.17) is 0 Å². The maximum Gasteiger partial charge on any atom is 0.276 e. The number of hydrogen-bond acceptors (Lipinski definition) is 4. The highest BCUT2D eigenvalue weighted by Gasteiger charge is 2.19. The quantitative estimate of drug-likeness (QED) is 0.420. The van der Waals surface area contributed by atoms with Gasteiger partial charge in [-0.25, -0.2) is 0 Å². The molecule has 2 N–H and O–H groups in total. The van der Waals surface area contributed by atoms with Crippen LogP contribution in [0.5, 0.6) is 0 Å². The number of amides is 2. The third-order valence-corrected chi connectivity index (χ3v) is 5.66. The van der Waals surface area contributed by atoms with E-state index in [2.05, 4.69) is 33.0 Å². The van der Waals surface area contributed by atoms with Crippen molar-refractivity contribution < 1.29 is 9.59 Å². The molecule has 0 unspecified atom stereocenters. The first-order valence-corrected chi connectivity index (χ1v) is 11.2. The lowest BCUT2D eigenvalue weighted by Gasteiger charge is -2.06. The normalized spacial score (nSPS) is 10.8. The monoisotopic (exact) mass is 456 g/mol. The van der Waals surface area contributed by atoms with Crippen LogP contribution < -0.4 is 10.6 Å². The van der Waals surface area contributed by atoms with Gasteiger partial charge in [-0.3, -0.25) is 19.0 Å². The predicted octanol–water partition coefficient (Wildman–Crippen LogP) is 3.91. The fourth-order valence-corrected chi connectivity index (χ4v) is 3.82. The van der Waals surface area contributed by atoms with Crippen molar-refractivity contribution in [3.63, 3.8) is 0 Å². The predicted molar refractivity (Wildman–Crippen MR) is 132 cm³/mol. The van der Waals surface area contributed by atoms with E-state index in [1.54, 1.807) is 13.1 Å². The van der Waals surface area contributed by atoms with Gasteiger partial charge in [0.15, 0.2) is 5.69 Å². The molecule has 174 valence electrons. The van der Waals surface area contributed by atoms with E-state index in [1.165, 1.54) is 10.2 Å². The average molecular weight is 457 g/mol. The highest BCUT2D eigenvalue weighted by atomic mass is 16.2. The molecule has 0 atom stereocenters. The van der Waals surface area contributed by atoms with Gasteiger partial charge in [0.05, 0.1) is 23.5 Å². The molecule has 0 saturated heterocycles. The maximum atomic E-state index is 12.9. The van der Waals surface area contributed by atoms with Crippen LogP contribution in [-0.2, 0) is 31.2 Å². The number of hydrogen-bond donors (Lipinski definition) is 2. The summed E-state index contributed by atoms with van der Waals surface area (Å²) in [6.07, 6.45) is 1.09. The van der Waals surface area contributed by atoms with E-state index in [0.29, 0.717) is 18.1 Å². The summed E-state index contributed by atoms with van der Waals surface area (Å²) in [7, 11) is 1.69. The van der Waals surface area contributed by atoms with Gasteiger partial charge in [0.25, 0.3) is 5.91 Å². The average Bonchev–Trinajstić information content (AvgIpc) is 3.32. The Kier molecular flexibility index (Phi) is 6.87. The molecule has 2 aromatic carbocycles. The number of benzene rings is 2. The molecule has 0 saturated carbocycles. The molecule has 0 bridgehead atoms. The zero-order valence-electron chi connectivity index (χ0n) is 19.6. The first-order chi connectivity index (χ1) is 16.4. The fraction of sp³-hybridized carbons (Fsp3) is 0.231. The van der Waals surface area contributed by atoms with E-state index in [-0.39, 0.29) is 23.9 Å². The van der Waals surface area contributed by atoms with Crippen LogP contribution in [0.15, 0.2) is 66.7 Å². The first kappa shape index (κ1) is 23.0.